The lowest BCUT2D eigenvalue weighted by atomic mass is 9.97. The lowest BCUT2D eigenvalue weighted by Crippen LogP contribution is -2.43. The summed E-state index contributed by atoms with van der Waals surface area (Å²) in [6.45, 7) is 1.01. The van der Waals surface area contributed by atoms with Gasteiger partial charge >= 0.3 is 0 Å². The molecule has 150 valence electrons. The molecule has 1 aromatic rings. The van der Waals surface area contributed by atoms with Crippen LogP contribution in [-0.4, -0.2) is 48.9 Å². The maximum Gasteiger partial charge on any atom is 0.246 e. The van der Waals surface area contributed by atoms with Gasteiger partial charge in [-0.3, -0.25) is 4.79 Å². The van der Waals surface area contributed by atoms with Gasteiger partial charge in [0.1, 0.15) is 10.0 Å². The van der Waals surface area contributed by atoms with Crippen molar-refractivity contribution in [3.05, 3.63) is 23.5 Å². The Bertz CT molecular complexity index is 898. The number of sulfonamides is 1. The number of hydrogen-bond acceptors (Lipinski definition) is 6. The molecule has 3 rings (SSSR count). The van der Waals surface area contributed by atoms with Crippen LogP contribution in [0.5, 0.6) is 0 Å². The summed E-state index contributed by atoms with van der Waals surface area (Å²) in [6.07, 6.45) is 9.56. The SMILES string of the molecule is C#CCCC1(CCNC(=O)C2CCN(S(=O)(=O)c3cccnc3Cl)CC2)N=N1. The van der Waals surface area contributed by atoms with E-state index in [-0.39, 0.29) is 35.0 Å². The van der Waals surface area contributed by atoms with Gasteiger partial charge in [0.05, 0.1) is 0 Å². The molecule has 2 aliphatic rings. The van der Waals surface area contributed by atoms with Crippen LogP contribution < -0.4 is 5.32 Å². The minimum atomic E-state index is -3.71. The van der Waals surface area contributed by atoms with Gasteiger partial charge in [-0.15, -0.1) is 12.3 Å². The third kappa shape index (κ3) is 4.69. The van der Waals surface area contributed by atoms with E-state index in [4.69, 9.17) is 18.0 Å². The molecule has 0 unspecified atom stereocenters. The first-order valence-corrected chi connectivity index (χ1v) is 11.0. The van der Waals surface area contributed by atoms with Crippen molar-refractivity contribution < 1.29 is 13.2 Å². The Hall–Kier alpha value is -2.02. The molecule has 0 aromatic carbocycles. The largest absolute Gasteiger partial charge is 0.356 e. The Morgan fingerprint density at radius 2 is 2.07 bits per heavy atom. The highest BCUT2D eigenvalue weighted by atomic mass is 35.5. The maximum absolute atomic E-state index is 12.7. The second-order valence-electron chi connectivity index (χ2n) is 6.90. The Kier molecular flexibility index (Phi) is 6.33. The first kappa shape index (κ1) is 20.7. The maximum atomic E-state index is 12.7. The van der Waals surface area contributed by atoms with Crippen LogP contribution in [0, 0.1) is 18.3 Å². The van der Waals surface area contributed by atoms with E-state index in [9.17, 15) is 13.2 Å². The van der Waals surface area contributed by atoms with E-state index in [0.29, 0.717) is 38.6 Å². The van der Waals surface area contributed by atoms with Crippen molar-refractivity contribution >= 4 is 27.5 Å². The van der Waals surface area contributed by atoms with Crippen LogP contribution in [0.15, 0.2) is 33.5 Å². The molecule has 0 bridgehead atoms. The van der Waals surface area contributed by atoms with Crippen molar-refractivity contribution in [1.82, 2.24) is 14.6 Å². The Morgan fingerprint density at radius 1 is 1.36 bits per heavy atom. The number of rotatable bonds is 8. The fraction of sp³-hybridized carbons (Fsp3) is 0.556. The first-order chi connectivity index (χ1) is 13.4. The van der Waals surface area contributed by atoms with E-state index in [1.807, 2.05) is 0 Å². The molecule has 0 radical (unpaired) electrons. The Labute approximate surface area is 169 Å². The highest BCUT2D eigenvalue weighted by molar-refractivity contribution is 7.89. The number of hydrogen-bond donors (Lipinski definition) is 1. The lowest BCUT2D eigenvalue weighted by Gasteiger charge is -2.30. The highest BCUT2D eigenvalue weighted by Gasteiger charge is 2.39. The van der Waals surface area contributed by atoms with Crippen molar-refractivity contribution in [2.75, 3.05) is 19.6 Å². The second kappa shape index (κ2) is 8.55. The van der Waals surface area contributed by atoms with Gasteiger partial charge in [-0.1, -0.05) is 11.6 Å². The Balaban J connectivity index is 1.47. The number of nitrogens with zero attached hydrogens (tertiary/aromatic N) is 4. The van der Waals surface area contributed by atoms with E-state index < -0.39 is 15.7 Å². The van der Waals surface area contributed by atoms with E-state index in [1.165, 1.54) is 22.6 Å². The van der Waals surface area contributed by atoms with Crippen LogP contribution >= 0.6 is 11.6 Å². The molecule has 1 amide bonds. The van der Waals surface area contributed by atoms with Crippen LogP contribution in [0.25, 0.3) is 0 Å². The minimum absolute atomic E-state index is 0.00577. The molecule has 0 atom stereocenters. The van der Waals surface area contributed by atoms with Gasteiger partial charge in [0.15, 0.2) is 5.66 Å². The number of pyridine rings is 1. The number of terminal acetylenes is 1. The summed E-state index contributed by atoms with van der Waals surface area (Å²) >= 11 is 5.93. The molecule has 1 aromatic heterocycles. The number of amides is 1. The molecule has 8 nitrogen and oxygen atoms in total. The number of halogens is 1. The van der Waals surface area contributed by atoms with Crippen LogP contribution in [-0.2, 0) is 14.8 Å². The average Bonchev–Trinajstić information content (AvgIpc) is 3.46. The van der Waals surface area contributed by atoms with Gasteiger partial charge in [-0.05, 0) is 25.0 Å². The molecular weight excluding hydrogens is 402 g/mol. The zero-order valence-corrected chi connectivity index (χ0v) is 16.9. The zero-order valence-electron chi connectivity index (χ0n) is 15.3. The van der Waals surface area contributed by atoms with E-state index in [2.05, 4.69) is 26.4 Å². The minimum Gasteiger partial charge on any atom is -0.356 e. The molecule has 0 aliphatic carbocycles. The summed E-state index contributed by atoms with van der Waals surface area (Å²) in [6, 6.07) is 2.97. The lowest BCUT2D eigenvalue weighted by molar-refractivity contribution is -0.126. The fourth-order valence-corrected chi connectivity index (χ4v) is 5.16. The van der Waals surface area contributed by atoms with Gasteiger partial charge in [-0.2, -0.15) is 14.5 Å². The fourth-order valence-electron chi connectivity index (χ4n) is 3.26. The van der Waals surface area contributed by atoms with Gasteiger partial charge in [0, 0.05) is 51.0 Å². The van der Waals surface area contributed by atoms with Gasteiger partial charge < -0.3 is 5.32 Å². The van der Waals surface area contributed by atoms with Crippen molar-refractivity contribution in [2.24, 2.45) is 16.1 Å². The average molecular weight is 424 g/mol. The Morgan fingerprint density at radius 3 is 2.68 bits per heavy atom. The van der Waals surface area contributed by atoms with E-state index in [0.717, 1.165) is 0 Å². The molecule has 3 heterocycles. The number of nitrogens with one attached hydrogen (secondary N) is 1. The molecular formula is C18H22ClN5O3S. The number of piperidine rings is 1. The molecule has 0 saturated carbocycles. The number of carbonyl (C=O) groups is 1. The number of aromatic nitrogens is 1. The van der Waals surface area contributed by atoms with Crippen LogP contribution in [0.3, 0.4) is 0 Å². The van der Waals surface area contributed by atoms with Crippen LogP contribution in [0.1, 0.15) is 32.1 Å². The van der Waals surface area contributed by atoms with Gasteiger partial charge in [0.25, 0.3) is 0 Å². The summed E-state index contributed by atoms with van der Waals surface area (Å²) in [4.78, 5) is 16.2. The summed E-state index contributed by atoms with van der Waals surface area (Å²) in [7, 11) is -3.71. The predicted octanol–water partition coefficient (Wildman–Crippen LogP) is 2.22. The first-order valence-electron chi connectivity index (χ1n) is 9.14. The molecule has 1 saturated heterocycles. The summed E-state index contributed by atoms with van der Waals surface area (Å²) in [5.74, 6) is 2.29. The normalized spacial score (nSPS) is 19.1. The van der Waals surface area contributed by atoms with Crippen LogP contribution in [0.2, 0.25) is 5.15 Å². The van der Waals surface area contributed by atoms with Gasteiger partial charge in [0.2, 0.25) is 15.9 Å². The van der Waals surface area contributed by atoms with Crippen molar-refractivity contribution in [3.63, 3.8) is 0 Å². The molecule has 0 spiro atoms. The highest BCUT2D eigenvalue weighted by Crippen LogP contribution is 2.36. The smallest absolute Gasteiger partial charge is 0.246 e. The van der Waals surface area contributed by atoms with Crippen LogP contribution in [0.4, 0.5) is 0 Å². The topological polar surface area (TPSA) is 104 Å². The number of carbonyl (C=O) groups excluding carboxylic acids is 1. The zero-order chi connectivity index (χ0) is 20.2. The summed E-state index contributed by atoms with van der Waals surface area (Å²) in [5, 5.41) is 11.0. The second-order valence-corrected chi connectivity index (χ2v) is 9.16. The van der Waals surface area contributed by atoms with Crippen molar-refractivity contribution in [2.45, 2.75) is 42.7 Å². The molecule has 1 fully saturated rings. The molecule has 28 heavy (non-hydrogen) atoms. The van der Waals surface area contributed by atoms with E-state index >= 15 is 0 Å². The molecule has 2 aliphatic heterocycles. The van der Waals surface area contributed by atoms with E-state index in [1.54, 1.807) is 0 Å². The predicted molar refractivity (Wildman–Crippen MR) is 104 cm³/mol. The monoisotopic (exact) mass is 423 g/mol. The quantitative estimate of drug-likeness (QED) is 0.511. The molecule has 1 N–H and O–H groups in total. The standard InChI is InChI=1S/C18H22ClN5O3S/c1-2-3-8-18(22-23-18)9-11-21-17(25)14-6-12-24(13-7-14)28(26,27)15-5-4-10-20-16(15)19/h1,4-5,10,14H,3,6-9,11-13H2,(H,21,25). The third-order valence-electron chi connectivity index (χ3n) is 5.04. The van der Waals surface area contributed by atoms with Gasteiger partial charge in [-0.25, -0.2) is 13.4 Å². The summed E-state index contributed by atoms with van der Waals surface area (Å²) in [5.41, 5.74) is -0.417. The third-order valence-corrected chi connectivity index (χ3v) is 7.39. The van der Waals surface area contributed by atoms with Crippen molar-refractivity contribution in [3.8, 4) is 12.3 Å². The summed E-state index contributed by atoms with van der Waals surface area (Å²) < 4.78 is 26.8. The molecule has 10 heteroatoms. The van der Waals surface area contributed by atoms with Crippen molar-refractivity contribution in [1.29, 1.82) is 0 Å².